The van der Waals surface area contributed by atoms with Crippen LogP contribution in [0.25, 0.3) is 0 Å². The van der Waals surface area contributed by atoms with E-state index < -0.39 is 0 Å². The first-order chi connectivity index (χ1) is 12.7. The summed E-state index contributed by atoms with van der Waals surface area (Å²) in [5.41, 5.74) is 3.82. The Balaban J connectivity index is 1.69. The maximum Gasteiger partial charge on any atom is 0.123 e. The van der Waals surface area contributed by atoms with Gasteiger partial charge in [-0.3, -0.25) is 0 Å². The van der Waals surface area contributed by atoms with Crippen LogP contribution in [-0.4, -0.2) is 29.0 Å². The minimum Gasteiger partial charge on any atom is -0.490 e. The lowest BCUT2D eigenvalue weighted by atomic mass is 9.86. The molecule has 1 fully saturated rings. The predicted molar refractivity (Wildman–Crippen MR) is 105 cm³/mol. The molecular formula is C23H30O3. The van der Waals surface area contributed by atoms with Gasteiger partial charge in [0, 0.05) is 19.4 Å². The maximum absolute atomic E-state index is 10.0. The van der Waals surface area contributed by atoms with E-state index in [4.69, 9.17) is 4.74 Å². The lowest BCUT2D eigenvalue weighted by Gasteiger charge is -2.32. The molecule has 3 atom stereocenters. The van der Waals surface area contributed by atoms with Crippen LogP contribution in [0, 0.1) is 5.92 Å². The molecule has 3 rings (SSSR count). The van der Waals surface area contributed by atoms with E-state index in [1.807, 2.05) is 18.2 Å². The normalized spacial score (nSPS) is 23.0. The van der Waals surface area contributed by atoms with E-state index in [9.17, 15) is 10.2 Å². The minimum absolute atomic E-state index is 0.0380. The Bertz CT molecular complexity index is 680. The van der Waals surface area contributed by atoms with Crippen molar-refractivity contribution in [3.05, 3.63) is 65.2 Å². The molecule has 2 aromatic carbocycles. The molecule has 2 aromatic rings. The molecule has 140 valence electrons. The molecule has 0 aliphatic heterocycles. The van der Waals surface area contributed by atoms with E-state index in [2.05, 4.69) is 37.3 Å². The van der Waals surface area contributed by atoms with Crippen molar-refractivity contribution >= 4 is 0 Å². The Morgan fingerprint density at radius 1 is 0.962 bits per heavy atom. The van der Waals surface area contributed by atoms with Crippen LogP contribution in [0.4, 0.5) is 0 Å². The van der Waals surface area contributed by atoms with E-state index in [0.717, 1.165) is 37.0 Å². The van der Waals surface area contributed by atoms with Crippen molar-refractivity contribution in [1.82, 2.24) is 0 Å². The molecule has 0 saturated heterocycles. The first-order valence-corrected chi connectivity index (χ1v) is 9.79. The number of para-hydroxylation sites is 1. The zero-order valence-corrected chi connectivity index (χ0v) is 15.6. The molecule has 0 radical (unpaired) electrons. The highest BCUT2D eigenvalue weighted by molar-refractivity contribution is 5.38. The number of aryl methyl sites for hydroxylation is 1. The van der Waals surface area contributed by atoms with Crippen LogP contribution in [0.1, 0.15) is 49.3 Å². The third-order valence-electron chi connectivity index (χ3n) is 5.22. The molecule has 2 N–H and O–H groups in total. The molecule has 1 aliphatic carbocycles. The highest BCUT2D eigenvalue weighted by atomic mass is 16.5. The van der Waals surface area contributed by atoms with E-state index in [-0.39, 0.29) is 24.7 Å². The Morgan fingerprint density at radius 3 is 2.42 bits per heavy atom. The summed E-state index contributed by atoms with van der Waals surface area (Å²) in [7, 11) is 0. The highest BCUT2D eigenvalue weighted by Gasteiger charge is 2.29. The van der Waals surface area contributed by atoms with Gasteiger partial charge in [0.1, 0.15) is 11.9 Å². The molecule has 3 heteroatoms. The van der Waals surface area contributed by atoms with Gasteiger partial charge in [0.25, 0.3) is 0 Å². The Hall–Kier alpha value is -1.84. The molecule has 26 heavy (non-hydrogen) atoms. The number of hydrogen-bond donors (Lipinski definition) is 2. The Labute approximate surface area is 156 Å². The molecule has 1 saturated carbocycles. The highest BCUT2D eigenvalue weighted by Crippen LogP contribution is 2.30. The quantitative estimate of drug-likeness (QED) is 0.786. The fraction of sp³-hybridized carbons (Fsp3) is 0.478. The standard InChI is InChI=1S/C23H30O3/c1-2-5-17-8-10-18(11-9-17)12-20-6-3-4-7-23(20)26-22-14-19(16-24)13-21(25)15-22/h3-4,6-11,19,21-22,24-25H,2,5,12-16H2,1H3/t19?,21?,22-/m1/s1. The number of rotatable bonds is 7. The summed E-state index contributed by atoms with van der Waals surface area (Å²) in [4.78, 5) is 0. The van der Waals surface area contributed by atoms with Gasteiger partial charge in [0.05, 0.1) is 6.10 Å². The fourth-order valence-corrected chi connectivity index (χ4v) is 3.87. The van der Waals surface area contributed by atoms with Gasteiger partial charge < -0.3 is 14.9 Å². The van der Waals surface area contributed by atoms with Crippen molar-refractivity contribution in [2.24, 2.45) is 5.92 Å². The maximum atomic E-state index is 10.0. The van der Waals surface area contributed by atoms with Crippen molar-refractivity contribution in [2.45, 2.75) is 57.7 Å². The van der Waals surface area contributed by atoms with Gasteiger partial charge in [-0.1, -0.05) is 55.8 Å². The number of aliphatic hydroxyl groups excluding tert-OH is 2. The van der Waals surface area contributed by atoms with Gasteiger partial charge >= 0.3 is 0 Å². The van der Waals surface area contributed by atoms with Gasteiger partial charge in [0.2, 0.25) is 0 Å². The van der Waals surface area contributed by atoms with E-state index in [1.54, 1.807) is 0 Å². The van der Waals surface area contributed by atoms with Gasteiger partial charge in [0.15, 0.2) is 0 Å². The van der Waals surface area contributed by atoms with Crippen LogP contribution >= 0.6 is 0 Å². The molecule has 0 aromatic heterocycles. The molecule has 0 amide bonds. The van der Waals surface area contributed by atoms with Crippen molar-refractivity contribution in [1.29, 1.82) is 0 Å². The summed E-state index contributed by atoms with van der Waals surface area (Å²) in [6, 6.07) is 17.0. The van der Waals surface area contributed by atoms with Crippen molar-refractivity contribution in [3.63, 3.8) is 0 Å². The molecule has 1 aliphatic rings. The van der Waals surface area contributed by atoms with Crippen LogP contribution in [0.3, 0.4) is 0 Å². The molecule has 0 heterocycles. The van der Waals surface area contributed by atoms with E-state index in [0.29, 0.717) is 12.8 Å². The Morgan fingerprint density at radius 2 is 1.69 bits per heavy atom. The summed E-state index contributed by atoms with van der Waals surface area (Å²) < 4.78 is 6.25. The van der Waals surface area contributed by atoms with E-state index in [1.165, 1.54) is 11.1 Å². The average molecular weight is 354 g/mol. The third kappa shape index (κ3) is 5.09. The lowest BCUT2D eigenvalue weighted by Crippen LogP contribution is -2.34. The fourth-order valence-electron chi connectivity index (χ4n) is 3.87. The summed E-state index contributed by atoms with van der Waals surface area (Å²) in [5.74, 6) is 1.02. The van der Waals surface area contributed by atoms with Crippen molar-refractivity contribution < 1.29 is 14.9 Å². The number of benzene rings is 2. The minimum atomic E-state index is -0.385. The predicted octanol–water partition coefficient (Wildman–Crippen LogP) is 4.13. The largest absolute Gasteiger partial charge is 0.490 e. The molecule has 0 bridgehead atoms. The monoisotopic (exact) mass is 354 g/mol. The number of ether oxygens (including phenoxy) is 1. The first-order valence-electron chi connectivity index (χ1n) is 9.79. The zero-order chi connectivity index (χ0) is 18.4. The second kappa shape index (κ2) is 9.20. The average Bonchev–Trinajstić information content (AvgIpc) is 2.64. The summed E-state index contributed by atoms with van der Waals surface area (Å²) in [5, 5.41) is 19.5. The van der Waals surface area contributed by atoms with Crippen LogP contribution in [0.5, 0.6) is 5.75 Å². The van der Waals surface area contributed by atoms with Crippen molar-refractivity contribution in [2.75, 3.05) is 6.61 Å². The number of aliphatic hydroxyl groups is 2. The summed E-state index contributed by atoms with van der Waals surface area (Å²) >= 11 is 0. The summed E-state index contributed by atoms with van der Waals surface area (Å²) in [6.45, 7) is 2.31. The molecule has 2 unspecified atom stereocenters. The molecule has 0 spiro atoms. The van der Waals surface area contributed by atoms with E-state index >= 15 is 0 Å². The second-order valence-corrected chi connectivity index (χ2v) is 7.50. The van der Waals surface area contributed by atoms with Crippen LogP contribution in [0.2, 0.25) is 0 Å². The smallest absolute Gasteiger partial charge is 0.123 e. The van der Waals surface area contributed by atoms with Gasteiger partial charge in [-0.05, 0) is 47.9 Å². The molecule has 3 nitrogen and oxygen atoms in total. The topological polar surface area (TPSA) is 49.7 Å². The van der Waals surface area contributed by atoms with Crippen molar-refractivity contribution in [3.8, 4) is 5.75 Å². The van der Waals surface area contributed by atoms with Gasteiger partial charge in [-0.25, -0.2) is 0 Å². The first kappa shape index (κ1) is 18.9. The van der Waals surface area contributed by atoms with Gasteiger partial charge in [-0.2, -0.15) is 0 Å². The van der Waals surface area contributed by atoms with Gasteiger partial charge in [-0.15, -0.1) is 0 Å². The number of hydrogen-bond acceptors (Lipinski definition) is 3. The van der Waals surface area contributed by atoms with Crippen LogP contribution < -0.4 is 4.74 Å². The van der Waals surface area contributed by atoms with Crippen LogP contribution in [-0.2, 0) is 12.8 Å². The summed E-state index contributed by atoms with van der Waals surface area (Å²) in [6.07, 6.45) is 4.80. The second-order valence-electron chi connectivity index (χ2n) is 7.50. The third-order valence-corrected chi connectivity index (χ3v) is 5.22. The Kier molecular flexibility index (Phi) is 6.70. The SMILES string of the molecule is CCCc1ccc(Cc2ccccc2O[C@H]2CC(O)CC(CO)C2)cc1. The van der Waals surface area contributed by atoms with Crippen LogP contribution in [0.15, 0.2) is 48.5 Å². The lowest BCUT2D eigenvalue weighted by molar-refractivity contribution is 0.0103. The molecular weight excluding hydrogens is 324 g/mol. The zero-order valence-electron chi connectivity index (χ0n) is 15.6.